The molecule has 0 aliphatic heterocycles. The highest BCUT2D eigenvalue weighted by Crippen LogP contribution is 2.31. The van der Waals surface area contributed by atoms with Gasteiger partial charge < -0.3 is 10.6 Å². The number of hydrogen-bond donors (Lipinski definition) is 1. The van der Waals surface area contributed by atoms with Crippen molar-refractivity contribution in [2.45, 2.75) is 39.2 Å². The molecule has 17 heavy (non-hydrogen) atoms. The molecule has 0 amide bonds. The Bertz CT molecular complexity index is 356. The molecule has 1 fully saturated rings. The number of nitrogens with zero attached hydrogens (tertiary/aromatic N) is 1. The first-order valence-corrected chi connectivity index (χ1v) is 6.81. The van der Waals surface area contributed by atoms with Crippen molar-refractivity contribution >= 4 is 5.69 Å². The fourth-order valence-electron chi connectivity index (χ4n) is 2.55. The molecule has 2 nitrogen and oxygen atoms in total. The van der Waals surface area contributed by atoms with Crippen molar-refractivity contribution in [2.24, 2.45) is 11.7 Å². The van der Waals surface area contributed by atoms with E-state index in [4.69, 9.17) is 5.73 Å². The van der Waals surface area contributed by atoms with E-state index in [1.165, 1.54) is 37.1 Å². The molecular weight excluding hydrogens is 208 g/mol. The quantitative estimate of drug-likeness (QED) is 0.843. The minimum Gasteiger partial charge on any atom is -0.371 e. The first-order valence-electron chi connectivity index (χ1n) is 6.81. The Labute approximate surface area is 105 Å². The Kier molecular flexibility index (Phi) is 4.06. The van der Waals surface area contributed by atoms with Crippen LogP contribution in [0.2, 0.25) is 0 Å². The number of nitrogens with two attached hydrogens (primary N) is 1. The van der Waals surface area contributed by atoms with Crippen LogP contribution in [-0.4, -0.2) is 13.1 Å². The Morgan fingerprint density at radius 1 is 1.35 bits per heavy atom. The van der Waals surface area contributed by atoms with Crippen LogP contribution in [0.5, 0.6) is 0 Å². The highest BCUT2D eigenvalue weighted by atomic mass is 15.1. The van der Waals surface area contributed by atoms with Gasteiger partial charge in [0.2, 0.25) is 0 Å². The predicted octanol–water partition coefficient (Wildman–Crippen LogP) is 3.33. The number of benzene rings is 1. The summed E-state index contributed by atoms with van der Waals surface area (Å²) in [5.74, 6) is 0.899. The normalized spacial score (nSPS) is 17.6. The van der Waals surface area contributed by atoms with E-state index in [0.717, 1.165) is 12.5 Å². The molecule has 2 rings (SSSR count). The Morgan fingerprint density at radius 2 is 2.06 bits per heavy atom. The highest BCUT2D eigenvalue weighted by molar-refractivity contribution is 5.54. The summed E-state index contributed by atoms with van der Waals surface area (Å²) in [5, 5.41) is 0. The molecule has 1 atom stereocenters. The molecule has 1 aromatic carbocycles. The summed E-state index contributed by atoms with van der Waals surface area (Å²) in [4.78, 5) is 2.49. The molecular formula is C15H24N2. The van der Waals surface area contributed by atoms with Crippen LogP contribution >= 0.6 is 0 Å². The third-order valence-electron chi connectivity index (χ3n) is 3.85. The first-order chi connectivity index (χ1) is 8.22. The van der Waals surface area contributed by atoms with Gasteiger partial charge >= 0.3 is 0 Å². The van der Waals surface area contributed by atoms with Crippen LogP contribution in [0, 0.1) is 5.92 Å². The van der Waals surface area contributed by atoms with Gasteiger partial charge in [-0.15, -0.1) is 0 Å². The molecule has 0 unspecified atom stereocenters. The second-order valence-electron chi connectivity index (χ2n) is 5.18. The zero-order valence-corrected chi connectivity index (χ0v) is 11.0. The monoisotopic (exact) mass is 232 g/mol. The van der Waals surface area contributed by atoms with E-state index in [1.807, 2.05) is 0 Å². The lowest BCUT2D eigenvalue weighted by Gasteiger charge is -2.34. The largest absolute Gasteiger partial charge is 0.371 e. The van der Waals surface area contributed by atoms with Gasteiger partial charge in [0.1, 0.15) is 0 Å². The predicted molar refractivity (Wildman–Crippen MR) is 74.3 cm³/mol. The number of para-hydroxylation sites is 1. The lowest BCUT2D eigenvalue weighted by atomic mass is 9.85. The third-order valence-corrected chi connectivity index (χ3v) is 3.85. The van der Waals surface area contributed by atoms with E-state index < -0.39 is 0 Å². The summed E-state index contributed by atoms with van der Waals surface area (Å²) >= 11 is 0. The summed E-state index contributed by atoms with van der Waals surface area (Å²) in [5.41, 5.74) is 8.66. The van der Waals surface area contributed by atoms with Gasteiger partial charge in [-0.2, -0.15) is 0 Å². The molecule has 1 aromatic rings. The van der Waals surface area contributed by atoms with Crippen molar-refractivity contribution in [1.29, 1.82) is 0 Å². The molecule has 1 aliphatic rings. The fraction of sp³-hybridized carbons (Fsp3) is 0.600. The van der Waals surface area contributed by atoms with Crippen molar-refractivity contribution in [3.63, 3.8) is 0 Å². The second-order valence-corrected chi connectivity index (χ2v) is 5.18. The van der Waals surface area contributed by atoms with Crippen LogP contribution in [-0.2, 0) is 0 Å². The van der Waals surface area contributed by atoms with Gasteiger partial charge in [0.15, 0.2) is 0 Å². The van der Waals surface area contributed by atoms with Gasteiger partial charge in [-0.05, 0) is 44.2 Å². The number of hydrogen-bond acceptors (Lipinski definition) is 2. The van der Waals surface area contributed by atoms with Crippen molar-refractivity contribution in [1.82, 2.24) is 0 Å². The van der Waals surface area contributed by atoms with Crippen LogP contribution in [0.25, 0.3) is 0 Å². The van der Waals surface area contributed by atoms with Gasteiger partial charge in [0, 0.05) is 24.8 Å². The molecule has 1 aliphatic carbocycles. The second kappa shape index (κ2) is 5.54. The number of rotatable bonds is 5. The SMILES string of the molecule is CCN(CC1CCC1)c1ccccc1[C@@H](C)N. The van der Waals surface area contributed by atoms with Gasteiger partial charge in [0.25, 0.3) is 0 Å². The van der Waals surface area contributed by atoms with E-state index >= 15 is 0 Å². The van der Waals surface area contributed by atoms with Crippen LogP contribution < -0.4 is 10.6 Å². The van der Waals surface area contributed by atoms with E-state index in [2.05, 4.69) is 43.0 Å². The topological polar surface area (TPSA) is 29.3 Å². The van der Waals surface area contributed by atoms with E-state index in [0.29, 0.717) is 0 Å². The zero-order chi connectivity index (χ0) is 12.3. The molecule has 0 radical (unpaired) electrons. The van der Waals surface area contributed by atoms with E-state index in [1.54, 1.807) is 0 Å². The van der Waals surface area contributed by atoms with Crippen molar-refractivity contribution in [3.05, 3.63) is 29.8 Å². The minimum absolute atomic E-state index is 0.113. The molecule has 0 saturated heterocycles. The zero-order valence-electron chi connectivity index (χ0n) is 11.0. The summed E-state index contributed by atoms with van der Waals surface area (Å²) in [6, 6.07) is 8.68. The number of anilines is 1. The Hall–Kier alpha value is -1.02. The minimum atomic E-state index is 0.113. The average molecular weight is 232 g/mol. The van der Waals surface area contributed by atoms with Crippen molar-refractivity contribution in [3.8, 4) is 0 Å². The van der Waals surface area contributed by atoms with Gasteiger partial charge in [-0.3, -0.25) is 0 Å². The first kappa shape index (κ1) is 12.4. The molecule has 2 N–H and O–H groups in total. The van der Waals surface area contributed by atoms with Gasteiger partial charge in [-0.25, -0.2) is 0 Å². The van der Waals surface area contributed by atoms with Crippen LogP contribution in [0.1, 0.15) is 44.7 Å². The van der Waals surface area contributed by atoms with Crippen LogP contribution in [0.3, 0.4) is 0 Å². The summed E-state index contributed by atoms with van der Waals surface area (Å²) in [7, 11) is 0. The molecule has 2 heteroatoms. The summed E-state index contributed by atoms with van der Waals surface area (Å²) in [6.07, 6.45) is 4.21. The van der Waals surface area contributed by atoms with Gasteiger partial charge in [0.05, 0.1) is 0 Å². The Balaban J connectivity index is 2.16. The van der Waals surface area contributed by atoms with E-state index in [-0.39, 0.29) is 6.04 Å². The average Bonchev–Trinajstić information content (AvgIpc) is 2.28. The molecule has 0 bridgehead atoms. The van der Waals surface area contributed by atoms with Crippen molar-refractivity contribution in [2.75, 3.05) is 18.0 Å². The molecule has 0 spiro atoms. The lowest BCUT2D eigenvalue weighted by Crippen LogP contribution is -2.33. The fourth-order valence-corrected chi connectivity index (χ4v) is 2.55. The summed E-state index contributed by atoms with van der Waals surface area (Å²) < 4.78 is 0. The van der Waals surface area contributed by atoms with Crippen molar-refractivity contribution < 1.29 is 0 Å². The van der Waals surface area contributed by atoms with Crippen LogP contribution in [0.4, 0.5) is 5.69 Å². The smallest absolute Gasteiger partial charge is 0.0414 e. The molecule has 0 aromatic heterocycles. The summed E-state index contributed by atoms with van der Waals surface area (Å²) in [6.45, 7) is 6.56. The van der Waals surface area contributed by atoms with Gasteiger partial charge in [-0.1, -0.05) is 24.6 Å². The molecule has 0 heterocycles. The van der Waals surface area contributed by atoms with Crippen LogP contribution in [0.15, 0.2) is 24.3 Å². The standard InChI is InChI=1S/C15H24N2/c1-3-17(11-13-7-6-8-13)15-10-5-4-9-14(15)12(2)16/h4-5,9-10,12-13H,3,6-8,11,16H2,1-2H3/t12-/m1/s1. The molecule has 94 valence electrons. The molecule has 1 saturated carbocycles. The third kappa shape index (κ3) is 2.81. The Morgan fingerprint density at radius 3 is 2.59 bits per heavy atom. The maximum atomic E-state index is 6.06. The highest BCUT2D eigenvalue weighted by Gasteiger charge is 2.21. The van der Waals surface area contributed by atoms with E-state index in [9.17, 15) is 0 Å². The maximum absolute atomic E-state index is 6.06. The lowest BCUT2D eigenvalue weighted by molar-refractivity contribution is 0.318. The maximum Gasteiger partial charge on any atom is 0.0414 e.